The molecule has 1 atom stereocenters. The lowest BCUT2D eigenvalue weighted by Crippen LogP contribution is -2.43. The molecule has 0 rings (SSSR count). The maximum atomic E-state index is 10.2. The van der Waals surface area contributed by atoms with Crippen molar-refractivity contribution in [2.24, 2.45) is 10.9 Å². The molecule has 0 radical (unpaired) electrons. The highest BCUT2D eigenvalue weighted by Crippen LogP contribution is 2.08. The van der Waals surface area contributed by atoms with E-state index in [1.165, 1.54) is 6.92 Å². The molecule has 0 aliphatic heterocycles. The Kier molecular flexibility index (Phi) is 1.92. The summed E-state index contributed by atoms with van der Waals surface area (Å²) in [7, 11) is -3.70. The lowest BCUT2D eigenvalue weighted by molar-refractivity contribution is 0.581. The van der Waals surface area contributed by atoms with Gasteiger partial charge in [-0.05, 0) is 6.92 Å². The van der Waals surface area contributed by atoms with Gasteiger partial charge in [-0.2, -0.15) is 0 Å². The van der Waals surface area contributed by atoms with Crippen molar-refractivity contribution in [3.8, 4) is 0 Å². The van der Waals surface area contributed by atoms with Gasteiger partial charge in [-0.3, -0.25) is 0 Å². The third-order valence-corrected chi connectivity index (χ3v) is 2.49. The molecule has 0 aliphatic carbocycles. The van der Waals surface area contributed by atoms with Gasteiger partial charge in [-0.15, -0.1) is 12.6 Å². The van der Waals surface area contributed by atoms with Crippen molar-refractivity contribution in [1.29, 1.82) is 0 Å². The van der Waals surface area contributed by atoms with Crippen LogP contribution >= 0.6 is 12.6 Å². The average molecular weight is 156 g/mol. The highest BCUT2D eigenvalue weighted by molar-refractivity contribution is 8.04. The molecule has 4 nitrogen and oxygen atoms in total. The van der Waals surface area contributed by atoms with E-state index >= 15 is 0 Å². The van der Waals surface area contributed by atoms with Crippen LogP contribution in [0.4, 0.5) is 0 Å². The summed E-state index contributed by atoms with van der Waals surface area (Å²) in [5.41, 5.74) is 4.96. The molecule has 0 aliphatic rings. The summed E-state index contributed by atoms with van der Waals surface area (Å²) in [6.45, 7) is 1.20. The SMILES string of the molecule is CC(N)(S)S(N)(=O)=O. The summed E-state index contributed by atoms with van der Waals surface area (Å²) in [6.07, 6.45) is 0. The number of thiol groups is 1. The van der Waals surface area contributed by atoms with E-state index in [4.69, 9.17) is 5.73 Å². The van der Waals surface area contributed by atoms with Crippen LogP contribution < -0.4 is 10.9 Å². The summed E-state index contributed by atoms with van der Waals surface area (Å²) in [5.74, 6) is 0. The zero-order valence-corrected chi connectivity index (χ0v) is 6.04. The van der Waals surface area contributed by atoms with Crippen molar-refractivity contribution in [2.75, 3.05) is 0 Å². The Labute approximate surface area is 53.7 Å². The standard InChI is InChI=1S/C2H8N2O2S2/c1-2(3,7)8(4,5)6/h7H,3H2,1H3,(H2,4,5,6). The lowest BCUT2D eigenvalue weighted by atomic mass is 10.8. The summed E-state index contributed by atoms with van der Waals surface area (Å²) in [6, 6.07) is 0. The molecule has 0 saturated carbocycles. The molecule has 0 aromatic rings. The summed E-state index contributed by atoms with van der Waals surface area (Å²) >= 11 is 3.50. The zero-order chi connectivity index (χ0) is 7.00. The van der Waals surface area contributed by atoms with Crippen LogP contribution in [0.25, 0.3) is 0 Å². The predicted molar refractivity (Wildman–Crippen MR) is 34.7 cm³/mol. The zero-order valence-electron chi connectivity index (χ0n) is 4.33. The van der Waals surface area contributed by atoms with Gasteiger partial charge in [0.1, 0.15) is 0 Å². The highest BCUT2D eigenvalue weighted by atomic mass is 32.3. The molecule has 4 N–H and O–H groups in total. The Hall–Kier alpha value is 0.220. The molecule has 0 saturated heterocycles. The first kappa shape index (κ1) is 8.22. The Morgan fingerprint density at radius 1 is 1.62 bits per heavy atom. The monoisotopic (exact) mass is 156 g/mol. The van der Waals surface area contributed by atoms with Crippen LogP contribution in [0.15, 0.2) is 0 Å². The Morgan fingerprint density at radius 3 is 1.75 bits per heavy atom. The van der Waals surface area contributed by atoms with E-state index in [1.807, 2.05) is 0 Å². The quantitative estimate of drug-likeness (QED) is 0.330. The fourth-order valence-electron chi connectivity index (χ4n) is 0. The fourth-order valence-corrected chi connectivity index (χ4v) is 0. The van der Waals surface area contributed by atoms with E-state index in [0.29, 0.717) is 0 Å². The number of nitrogens with two attached hydrogens (primary N) is 2. The number of hydrogen-bond donors (Lipinski definition) is 3. The first-order chi connectivity index (χ1) is 3.25. The molecule has 0 bridgehead atoms. The number of hydrogen-bond acceptors (Lipinski definition) is 4. The maximum Gasteiger partial charge on any atom is 0.237 e. The highest BCUT2D eigenvalue weighted by Gasteiger charge is 2.25. The largest absolute Gasteiger partial charge is 0.303 e. The molecular formula is C2H8N2O2S2. The lowest BCUT2D eigenvalue weighted by Gasteiger charge is -2.12. The summed E-state index contributed by atoms with van der Waals surface area (Å²) in [5, 5.41) is 4.58. The molecule has 0 amide bonds. The van der Waals surface area contributed by atoms with Crippen LogP contribution in [0, 0.1) is 0 Å². The van der Waals surface area contributed by atoms with Crippen LogP contribution in [0.1, 0.15) is 6.92 Å². The molecule has 0 heterocycles. The fraction of sp³-hybridized carbons (Fsp3) is 1.00. The van der Waals surface area contributed by atoms with Crippen molar-refractivity contribution in [2.45, 2.75) is 11.1 Å². The van der Waals surface area contributed by atoms with Crippen LogP contribution in [0.3, 0.4) is 0 Å². The van der Waals surface area contributed by atoms with Crippen LogP contribution in [-0.2, 0) is 10.0 Å². The third-order valence-electron chi connectivity index (χ3n) is 0.576. The predicted octanol–water partition coefficient (Wildman–Crippen LogP) is -1.16. The van der Waals surface area contributed by atoms with Gasteiger partial charge >= 0.3 is 0 Å². The molecule has 0 aromatic carbocycles. The van der Waals surface area contributed by atoms with E-state index < -0.39 is 14.2 Å². The normalized spacial score (nSPS) is 20.0. The second-order valence-corrected chi connectivity index (χ2v) is 4.77. The van der Waals surface area contributed by atoms with Gasteiger partial charge in [0.15, 0.2) is 4.20 Å². The van der Waals surface area contributed by atoms with E-state index in [9.17, 15) is 8.42 Å². The molecular weight excluding hydrogens is 148 g/mol. The molecule has 50 valence electrons. The molecule has 1 unspecified atom stereocenters. The second-order valence-electron chi connectivity index (χ2n) is 1.60. The van der Waals surface area contributed by atoms with Crippen molar-refractivity contribution in [3.63, 3.8) is 0 Å². The molecule has 0 aromatic heterocycles. The van der Waals surface area contributed by atoms with Crippen molar-refractivity contribution >= 4 is 22.7 Å². The topological polar surface area (TPSA) is 86.2 Å². The summed E-state index contributed by atoms with van der Waals surface area (Å²) < 4.78 is 18.8. The second kappa shape index (κ2) is 1.87. The minimum Gasteiger partial charge on any atom is -0.303 e. The Balaban J connectivity index is 4.53. The van der Waals surface area contributed by atoms with Gasteiger partial charge in [0.25, 0.3) is 0 Å². The smallest absolute Gasteiger partial charge is 0.237 e. The van der Waals surface area contributed by atoms with Crippen molar-refractivity contribution in [3.05, 3.63) is 0 Å². The van der Waals surface area contributed by atoms with Crippen LogP contribution in [0.5, 0.6) is 0 Å². The Morgan fingerprint density at radius 2 is 1.75 bits per heavy atom. The van der Waals surface area contributed by atoms with E-state index in [0.717, 1.165) is 0 Å². The molecule has 0 fully saturated rings. The third kappa shape index (κ3) is 1.99. The first-order valence-corrected chi connectivity index (χ1v) is 3.78. The average Bonchev–Trinajstić information content (AvgIpc) is 1.25. The first-order valence-electron chi connectivity index (χ1n) is 1.79. The molecule has 6 heteroatoms. The van der Waals surface area contributed by atoms with Gasteiger partial charge in [-0.1, -0.05) is 0 Å². The van der Waals surface area contributed by atoms with Crippen molar-refractivity contribution in [1.82, 2.24) is 0 Å². The van der Waals surface area contributed by atoms with Gasteiger partial charge < -0.3 is 5.73 Å². The maximum absolute atomic E-state index is 10.2. The number of primary sulfonamides is 1. The molecule has 0 spiro atoms. The van der Waals surface area contributed by atoms with Crippen LogP contribution in [0.2, 0.25) is 0 Å². The van der Waals surface area contributed by atoms with Gasteiger partial charge in [0.05, 0.1) is 0 Å². The van der Waals surface area contributed by atoms with Crippen LogP contribution in [-0.4, -0.2) is 12.6 Å². The summed E-state index contributed by atoms with van der Waals surface area (Å²) in [4.78, 5) is 0. The van der Waals surface area contributed by atoms with E-state index in [1.54, 1.807) is 0 Å². The molecule has 8 heavy (non-hydrogen) atoms. The van der Waals surface area contributed by atoms with Gasteiger partial charge in [0.2, 0.25) is 10.0 Å². The van der Waals surface area contributed by atoms with Gasteiger partial charge in [0, 0.05) is 0 Å². The van der Waals surface area contributed by atoms with E-state index in [-0.39, 0.29) is 0 Å². The number of sulfonamides is 1. The van der Waals surface area contributed by atoms with Crippen molar-refractivity contribution < 1.29 is 8.42 Å². The Bertz CT molecular complexity index is 165. The van der Waals surface area contributed by atoms with Gasteiger partial charge in [-0.25, -0.2) is 13.6 Å². The minimum atomic E-state index is -3.70. The minimum absolute atomic E-state index is 1.20. The van der Waals surface area contributed by atoms with E-state index in [2.05, 4.69) is 17.8 Å². The number of rotatable bonds is 1.